The summed E-state index contributed by atoms with van der Waals surface area (Å²) in [7, 11) is -8.50. The molecule has 0 spiro atoms. The highest BCUT2D eigenvalue weighted by Crippen LogP contribution is 2.50. The molecule has 14 atom stereocenters. The number of carbonyl (C=O) groups excluding carboxylic acids is 3. The molecule has 2 aromatic carbocycles. The van der Waals surface area contributed by atoms with Crippen LogP contribution in [0.25, 0.3) is 22.3 Å². The van der Waals surface area contributed by atoms with Gasteiger partial charge in [-0.05, 0) is 79.7 Å². The highest BCUT2D eigenvalue weighted by Gasteiger charge is 2.58. The number of carbonyl (C=O) groups is 3. The first-order valence-corrected chi connectivity index (χ1v) is 27.5. The number of esters is 2. The number of para-hydroxylation sites is 2. The first-order chi connectivity index (χ1) is 37.0. The van der Waals surface area contributed by atoms with Gasteiger partial charge in [0, 0.05) is 0 Å². The van der Waals surface area contributed by atoms with Crippen molar-refractivity contribution < 1.29 is 80.2 Å². The quantitative estimate of drug-likeness (QED) is 0.0310. The Morgan fingerprint density at radius 2 is 1.01 bits per heavy atom. The van der Waals surface area contributed by atoms with Crippen molar-refractivity contribution in [1.82, 2.24) is 49.2 Å². The predicted molar refractivity (Wildman–Crippen MR) is 286 cm³/mol. The minimum Gasteiger partial charge on any atom is -0.462 e. The normalized spacial score (nSPS) is 24.3. The summed E-state index contributed by atoms with van der Waals surface area (Å²) < 4.78 is 87.3. The highest BCUT2D eigenvalue weighted by atomic mass is 31.2. The second kappa shape index (κ2) is 26.1. The molecule has 9 rings (SSSR count). The molecule has 0 saturated carbocycles. The second-order valence-corrected chi connectivity index (χ2v) is 21.9. The van der Waals surface area contributed by atoms with E-state index in [4.69, 9.17) is 58.0 Å². The molecule has 0 bridgehead atoms. The molecule has 3 fully saturated rings. The standard InChI is InChI=1S/C24H29N6O9P.C23H31N6O8P.2CH4/c1-12(2)34-23(31)13(3)29-40(33,39-15-8-6-5-7-9-15)38-14(4)17-18-19(37-24(32)36-18)22(35-17)30-11-28-16-20(25)26-10-27-21(16)30;1-12(2)34-23(32)13(3)28-38(33,37-15-8-6-5-7-9-15)36-14(4)19-17(30)18(31)22(35-19)29-11-27-16-20(24)25-10-26-21(16)29;;/h5-14,17-19,22H,1-4H3,(H,29,33)(H2,25,26,27);5-14,17-19,22,30-31H,1-4H3,(H,28,33)(H2,24,25,26);2*1H4/t13-,14-,17+,18+,19+,22+,40?;13-,14-,17-,18+,19+,22+,38?;;/m00../s1. The fraction of sp³-hybridized carbons (Fsp3) is 0.490. The largest absolute Gasteiger partial charge is 0.509 e. The summed E-state index contributed by atoms with van der Waals surface area (Å²) in [4.78, 5) is 61.6. The number of nitrogens with two attached hydrogens (primary N) is 2. The van der Waals surface area contributed by atoms with E-state index in [1.54, 1.807) is 99.8 Å². The zero-order valence-corrected chi connectivity index (χ0v) is 45.1. The molecular weight excluding hydrogens is 1090 g/mol. The predicted octanol–water partition coefficient (Wildman–Crippen LogP) is 5.55. The van der Waals surface area contributed by atoms with Gasteiger partial charge in [-0.2, -0.15) is 10.2 Å². The number of hydrogen-bond donors (Lipinski definition) is 6. The Morgan fingerprint density at radius 1 is 0.600 bits per heavy atom. The molecule has 29 nitrogen and oxygen atoms in total. The van der Waals surface area contributed by atoms with Crippen LogP contribution in [0, 0.1) is 0 Å². The molecule has 4 aromatic heterocycles. The van der Waals surface area contributed by atoms with Crippen molar-refractivity contribution in [2.75, 3.05) is 11.5 Å². The van der Waals surface area contributed by atoms with Gasteiger partial charge in [0.2, 0.25) is 0 Å². The van der Waals surface area contributed by atoms with Crippen LogP contribution in [0.15, 0.2) is 86.0 Å². The third-order valence-corrected chi connectivity index (χ3v) is 15.4. The molecule has 3 aliphatic heterocycles. The van der Waals surface area contributed by atoms with Gasteiger partial charge in [-0.3, -0.25) is 27.8 Å². The minimum absolute atomic E-state index is 0. The van der Waals surface area contributed by atoms with Gasteiger partial charge in [0.1, 0.15) is 71.7 Å². The van der Waals surface area contributed by atoms with E-state index in [2.05, 4.69) is 40.1 Å². The van der Waals surface area contributed by atoms with E-state index in [1.165, 1.54) is 50.6 Å². The van der Waals surface area contributed by atoms with Crippen molar-refractivity contribution in [3.05, 3.63) is 86.0 Å². The lowest BCUT2D eigenvalue weighted by Crippen LogP contribution is -2.41. The number of benzene rings is 2. The van der Waals surface area contributed by atoms with Crippen LogP contribution in [-0.2, 0) is 56.2 Å². The lowest BCUT2D eigenvalue weighted by Gasteiger charge is -2.29. The molecule has 0 radical (unpaired) electrons. The number of ether oxygens (including phenoxy) is 6. The fourth-order valence-electron chi connectivity index (χ4n) is 8.40. The summed E-state index contributed by atoms with van der Waals surface area (Å²) in [5.41, 5.74) is 13.0. The van der Waals surface area contributed by atoms with Crippen LogP contribution in [-0.4, -0.2) is 140 Å². The Bertz CT molecular complexity index is 3160. The zero-order valence-electron chi connectivity index (χ0n) is 43.3. The Kier molecular flexibility index (Phi) is 20.3. The number of aliphatic hydroxyl groups is 2. The minimum atomic E-state index is -4.25. The van der Waals surface area contributed by atoms with Crippen LogP contribution in [0.5, 0.6) is 11.5 Å². The number of nitrogens with zero attached hydrogens (tertiary/aromatic N) is 8. The molecular formula is C49H68N12O17P2. The SMILES string of the molecule is C.C.CC(C)OC(=O)[C@H](C)NP(=O)(Oc1ccccc1)O[C@@H](C)[C@H]1O[C@@H](n2cnc3c(N)ncnc32)[C@@H]2OC(=O)O[C@@H]21.CC(C)OC(=O)[C@H](C)NP(=O)(Oc1ccccc1)O[C@@H](C)[C@H]1O[C@@H](n2cnc3c(N)ncnc32)[C@H](O)[C@@H]1O. The maximum Gasteiger partial charge on any atom is 0.509 e. The monoisotopic (exact) mass is 1160 g/mol. The summed E-state index contributed by atoms with van der Waals surface area (Å²) >= 11 is 0. The second-order valence-electron chi connectivity index (χ2n) is 18.6. The van der Waals surface area contributed by atoms with Gasteiger partial charge in [0.25, 0.3) is 0 Å². The topological polar surface area (TPSA) is 381 Å². The number of anilines is 2. The van der Waals surface area contributed by atoms with E-state index in [-0.39, 0.29) is 50.2 Å². The third-order valence-electron chi connectivity index (χ3n) is 11.9. The maximum absolute atomic E-state index is 14.0. The summed E-state index contributed by atoms with van der Waals surface area (Å²) in [6, 6.07) is 14.4. The van der Waals surface area contributed by atoms with Gasteiger partial charge < -0.3 is 59.1 Å². The van der Waals surface area contributed by atoms with E-state index in [9.17, 15) is 33.7 Å². The molecule has 8 N–H and O–H groups in total. The summed E-state index contributed by atoms with van der Waals surface area (Å²) in [5.74, 6) is -0.545. The van der Waals surface area contributed by atoms with Gasteiger partial charge in [-0.1, -0.05) is 51.3 Å². The smallest absolute Gasteiger partial charge is 0.462 e. The van der Waals surface area contributed by atoms with Crippen molar-refractivity contribution in [3.63, 3.8) is 0 Å². The lowest BCUT2D eigenvalue weighted by molar-refractivity contribution is -0.150. The number of aliphatic hydroxyl groups excluding tert-OH is 2. The van der Waals surface area contributed by atoms with Gasteiger partial charge in [-0.25, -0.2) is 43.8 Å². The number of hydrogen-bond acceptors (Lipinski definition) is 25. The van der Waals surface area contributed by atoms with Crippen LogP contribution in [0.4, 0.5) is 16.4 Å². The van der Waals surface area contributed by atoms with Crippen molar-refractivity contribution in [2.45, 2.75) is 156 Å². The third kappa shape index (κ3) is 14.2. The molecule has 7 heterocycles. The Balaban J connectivity index is 0.000000252. The van der Waals surface area contributed by atoms with Crippen LogP contribution >= 0.6 is 15.5 Å². The Hall–Kier alpha value is -6.91. The lowest BCUT2D eigenvalue weighted by atomic mass is 10.1. The number of nitrogen functional groups attached to an aromatic ring is 2. The van der Waals surface area contributed by atoms with Gasteiger partial charge >= 0.3 is 33.6 Å². The zero-order chi connectivity index (χ0) is 56.2. The van der Waals surface area contributed by atoms with E-state index in [0.717, 1.165) is 0 Å². The molecule has 3 aliphatic rings. The van der Waals surface area contributed by atoms with Gasteiger partial charge in [-0.15, -0.1) is 0 Å². The van der Waals surface area contributed by atoms with E-state index < -0.39 is 107 Å². The van der Waals surface area contributed by atoms with Crippen LogP contribution < -0.4 is 30.7 Å². The Labute approximate surface area is 460 Å². The van der Waals surface area contributed by atoms with E-state index in [1.807, 2.05) is 0 Å². The van der Waals surface area contributed by atoms with Crippen LogP contribution in [0.2, 0.25) is 0 Å². The number of aromatic nitrogens is 8. The molecule has 3 saturated heterocycles. The van der Waals surface area contributed by atoms with E-state index >= 15 is 0 Å². The highest BCUT2D eigenvalue weighted by molar-refractivity contribution is 7.52. The number of imidazole rings is 2. The average molecular weight is 1160 g/mol. The van der Waals surface area contributed by atoms with Gasteiger partial charge in [0.15, 0.2) is 47.6 Å². The molecule has 31 heteroatoms. The maximum atomic E-state index is 14.0. The van der Waals surface area contributed by atoms with Crippen molar-refractivity contribution in [3.8, 4) is 11.5 Å². The Morgan fingerprint density at radius 3 is 1.46 bits per heavy atom. The van der Waals surface area contributed by atoms with Gasteiger partial charge in [0.05, 0.1) is 37.1 Å². The number of nitrogens with one attached hydrogen (secondary N) is 2. The molecule has 80 heavy (non-hydrogen) atoms. The molecule has 2 unspecified atom stereocenters. The fourth-order valence-corrected chi connectivity index (χ4v) is 11.8. The molecule has 0 aliphatic carbocycles. The summed E-state index contributed by atoms with van der Waals surface area (Å²) in [6.07, 6.45) is -7.30. The van der Waals surface area contributed by atoms with Crippen molar-refractivity contribution >= 4 is 67.6 Å². The first kappa shape index (κ1) is 62.3. The average Bonchev–Trinajstić information content (AvgIpc) is 4.34. The molecule has 436 valence electrons. The summed E-state index contributed by atoms with van der Waals surface area (Å²) in [6.45, 7) is 12.8. The van der Waals surface area contributed by atoms with E-state index in [0.29, 0.717) is 22.3 Å². The number of rotatable bonds is 20. The van der Waals surface area contributed by atoms with Crippen LogP contribution in [0.1, 0.15) is 82.7 Å². The summed E-state index contributed by atoms with van der Waals surface area (Å²) in [5, 5.41) is 26.8. The van der Waals surface area contributed by atoms with Crippen LogP contribution in [0.3, 0.4) is 0 Å². The molecule has 6 aromatic rings. The first-order valence-electron chi connectivity index (χ1n) is 24.5. The molecule has 0 amide bonds. The number of fused-ring (bicyclic) bond motifs is 3. The van der Waals surface area contributed by atoms with Crippen molar-refractivity contribution in [2.24, 2.45) is 0 Å². The van der Waals surface area contributed by atoms with Crippen molar-refractivity contribution in [1.29, 1.82) is 0 Å².